The summed E-state index contributed by atoms with van der Waals surface area (Å²) in [6.45, 7) is 0. The average Bonchev–Trinajstić information content (AvgIpc) is 2.47. The highest BCUT2D eigenvalue weighted by Crippen LogP contribution is 2.06. The molecule has 0 saturated carbocycles. The molecule has 0 spiro atoms. The van der Waals surface area contributed by atoms with Gasteiger partial charge in [0.15, 0.2) is 11.2 Å². The molecular formula is C6H6N4O3. The topological polar surface area (TPSA) is 104 Å². The molecule has 0 aromatic carbocycles. The molecule has 0 unspecified atom stereocenters. The molecule has 13 heavy (non-hydrogen) atoms. The third kappa shape index (κ3) is 1.10. The fourth-order valence-corrected chi connectivity index (χ4v) is 1.01. The Balaban J connectivity index is 2.91. The maximum atomic E-state index is 11.1. The summed E-state index contributed by atoms with van der Waals surface area (Å²) in [6.07, 6.45) is 0. The van der Waals surface area contributed by atoms with E-state index in [1.807, 2.05) is 0 Å². The average molecular weight is 182 g/mol. The van der Waals surface area contributed by atoms with Gasteiger partial charge < -0.3 is 9.72 Å². The number of ether oxygens (including phenoxy) is 1. The Hall–Kier alpha value is -2.05. The second kappa shape index (κ2) is 2.47. The van der Waals surface area contributed by atoms with E-state index in [0.717, 1.165) is 0 Å². The van der Waals surface area contributed by atoms with Crippen molar-refractivity contribution in [3.8, 4) is 6.01 Å². The van der Waals surface area contributed by atoms with Gasteiger partial charge in [-0.3, -0.25) is 14.8 Å². The summed E-state index contributed by atoms with van der Waals surface area (Å²) < 4.78 is 4.75. The summed E-state index contributed by atoms with van der Waals surface area (Å²) in [6, 6.07) is 0.183. The molecular weight excluding hydrogens is 176 g/mol. The third-order valence-electron chi connectivity index (χ3n) is 1.56. The SMILES string of the molecule is COc1nc2[nH]c(=O)[nH]c(=O)c2[nH]1. The molecule has 0 radical (unpaired) electrons. The number of hydrogen-bond acceptors (Lipinski definition) is 4. The van der Waals surface area contributed by atoms with Crippen LogP contribution < -0.4 is 16.0 Å². The molecule has 0 aliphatic carbocycles. The van der Waals surface area contributed by atoms with Crippen LogP contribution in [0.2, 0.25) is 0 Å². The van der Waals surface area contributed by atoms with Crippen molar-refractivity contribution >= 4 is 11.2 Å². The van der Waals surface area contributed by atoms with Gasteiger partial charge in [-0.05, 0) is 0 Å². The first-order valence-electron chi connectivity index (χ1n) is 3.47. The standard InChI is InChI=1S/C6H6N4O3/c1-13-6-7-2-3(9-6)8-5(12)10-4(2)11/h1H3,(H3,7,8,9,10,11,12). The Morgan fingerprint density at radius 2 is 2.00 bits per heavy atom. The van der Waals surface area contributed by atoms with Crippen LogP contribution in [0.1, 0.15) is 0 Å². The molecule has 7 heteroatoms. The fraction of sp³-hybridized carbons (Fsp3) is 0.167. The zero-order chi connectivity index (χ0) is 9.42. The summed E-state index contributed by atoms with van der Waals surface area (Å²) in [7, 11) is 1.41. The second-order valence-electron chi connectivity index (χ2n) is 2.38. The van der Waals surface area contributed by atoms with Crippen LogP contribution in [0.5, 0.6) is 6.01 Å². The molecule has 0 saturated heterocycles. The van der Waals surface area contributed by atoms with Crippen LogP contribution in [0.3, 0.4) is 0 Å². The molecule has 0 atom stereocenters. The van der Waals surface area contributed by atoms with E-state index in [9.17, 15) is 9.59 Å². The molecule has 68 valence electrons. The van der Waals surface area contributed by atoms with Gasteiger partial charge in [0.1, 0.15) is 0 Å². The maximum absolute atomic E-state index is 11.1. The van der Waals surface area contributed by atoms with Crippen molar-refractivity contribution in [3.63, 3.8) is 0 Å². The van der Waals surface area contributed by atoms with Gasteiger partial charge in [-0.25, -0.2) is 4.79 Å². The summed E-state index contributed by atoms with van der Waals surface area (Å²) in [5.41, 5.74) is -0.733. The van der Waals surface area contributed by atoms with Crippen LogP contribution in [-0.2, 0) is 0 Å². The second-order valence-corrected chi connectivity index (χ2v) is 2.38. The maximum Gasteiger partial charge on any atom is 0.327 e. The van der Waals surface area contributed by atoms with Crippen molar-refractivity contribution in [1.82, 2.24) is 19.9 Å². The minimum absolute atomic E-state index is 0.183. The minimum Gasteiger partial charge on any atom is -0.468 e. The quantitative estimate of drug-likeness (QED) is 0.523. The van der Waals surface area contributed by atoms with Gasteiger partial charge >= 0.3 is 5.69 Å². The molecule has 0 bridgehead atoms. The van der Waals surface area contributed by atoms with E-state index >= 15 is 0 Å². The van der Waals surface area contributed by atoms with E-state index in [-0.39, 0.29) is 17.2 Å². The number of nitrogens with zero attached hydrogens (tertiary/aromatic N) is 1. The molecule has 3 N–H and O–H groups in total. The lowest BCUT2D eigenvalue weighted by molar-refractivity contribution is 0.385. The number of H-pyrrole nitrogens is 3. The van der Waals surface area contributed by atoms with Gasteiger partial charge in [0.05, 0.1) is 7.11 Å². The lowest BCUT2D eigenvalue weighted by Gasteiger charge is -1.86. The highest BCUT2D eigenvalue weighted by atomic mass is 16.5. The Labute approximate surface area is 70.8 Å². The summed E-state index contributed by atoms with van der Waals surface area (Å²) in [5.74, 6) is 0. The number of fused-ring (bicyclic) bond motifs is 1. The summed E-state index contributed by atoms with van der Waals surface area (Å²) in [4.78, 5) is 32.7. The van der Waals surface area contributed by atoms with Crippen LogP contribution in [0.15, 0.2) is 9.59 Å². The number of aromatic amines is 3. The molecule has 0 fully saturated rings. The van der Waals surface area contributed by atoms with Crippen LogP contribution in [0.25, 0.3) is 11.2 Å². The molecule has 0 amide bonds. The van der Waals surface area contributed by atoms with Gasteiger partial charge in [-0.1, -0.05) is 0 Å². The van der Waals surface area contributed by atoms with E-state index in [0.29, 0.717) is 0 Å². The van der Waals surface area contributed by atoms with Gasteiger partial charge in [-0.2, -0.15) is 4.98 Å². The van der Waals surface area contributed by atoms with Crippen molar-refractivity contribution in [2.75, 3.05) is 7.11 Å². The number of nitrogens with one attached hydrogen (secondary N) is 3. The number of imidazole rings is 1. The first-order chi connectivity index (χ1) is 6.20. The van der Waals surface area contributed by atoms with Crippen LogP contribution in [0, 0.1) is 0 Å². The van der Waals surface area contributed by atoms with Gasteiger partial charge in [0, 0.05) is 0 Å². The Bertz CT molecular complexity index is 549. The highest BCUT2D eigenvalue weighted by molar-refractivity contribution is 5.69. The van der Waals surface area contributed by atoms with Crippen molar-refractivity contribution < 1.29 is 4.74 Å². The number of hydrogen-bond donors (Lipinski definition) is 3. The largest absolute Gasteiger partial charge is 0.468 e. The zero-order valence-corrected chi connectivity index (χ0v) is 6.67. The number of rotatable bonds is 1. The Kier molecular flexibility index (Phi) is 1.44. The van der Waals surface area contributed by atoms with E-state index in [1.165, 1.54) is 7.11 Å². The van der Waals surface area contributed by atoms with Crippen molar-refractivity contribution in [2.45, 2.75) is 0 Å². The lowest BCUT2D eigenvalue weighted by atomic mass is 10.5. The predicted octanol–water partition coefficient (Wildman–Crippen LogP) is -1.05. The Morgan fingerprint density at radius 1 is 1.23 bits per heavy atom. The van der Waals surface area contributed by atoms with Crippen LogP contribution in [-0.4, -0.2) is 27.0 Å². The summed E-state index contributed by atoms with van der Waals surface area (Å²) >= 11 is 0. The van der Waals surface area contributed by atoms with Crippen LogP contribution >= 0.6 is 0 Å². The minimum atomic E-state index is -0.591. The molecule has 2 rings (SSSR count). The van der Waals surface area contributed by atoms with E-state index in [2.05, 4.69) is 19.9 Å². The van der Waals surface area contributed by atoms with E-state index in [1.54, 1.807) is 0 Å². The lowest BCUT2D eigenvalue weighted by Crippen LogP contribution is -2.21. The number of methoxy groups -OCH3 is 1. The first kappa shape index (κ1) is 7.59. The number of aromatic nitrogens is 4. The summed E-state index contributed by atoms with van der Waals surface area (Å²) in [5, 5.41) is 0. The predicted molar refractivity (Wildman–Crippen MR) is 43.9 cm³/mol. The molecule has 2 aromatic heterocycles. The van der Waals surface area contributed by atoms with E-state index < -0.39 is 11.2 Å². The first-order valence-corrected chi connectivity index (χ1v) is 3.47. The van der Waals surface area contributed by atoms with Gasteiger partial charge in [0.25, 0.3) is 11.6 Å². The molecule has 2 heterocycles. The van der Waals surface area contributed by atoms with Gasteiger partial charge in [-0.15, -0.1) is 0 Å². The smallest absolute Gasteiger partial charge is 0.327 e. The van der Waals surface area contributed by atoms with Crippen molar-refractivity contribution in [2.24, 2.45) is 0 Å². The van der Waals surface area contributed by atoms with Crippen molar-refractivity contribution in [3.05, 3.63) is 20.8 Å². The molecule has 7 nitrogen and oxygen atoms in total. The van der Waals surface area contributed by atoms with Gasteiger partial charge in [0.2, 0.25) is 0 Å². The van der Waals surface area contributed by atoms with E-state index in [4.69, 9.17) is 4.74 Å². The highest BCUT2D eigenvalue weighted by Gasteiger charge is 2.06. The molecule has 0 aliphatic rings. The third-order valence-corrected chi connectivity index (χ3v) is 1.56. The fourth-order valence-electron chi connectivity index (χ4n) is 1.01. The zero-order valence-electron chi connectivity index (χ0n) is 6.67. The molecule has 0 aliphatic heterocycles. The Morgan fingerprint density at radius 3 is 2.69 bits per heavy atom. The molecule has 2 aromatic rings. The van der Waals surface area contributed by atoms with Crippen LogP contribution in [0.4, 0.5) is 0 Å². The van der Waals surface area contributed by atoms with Crippen molar-refractivity contribution in [1.29, 1.82) is 0 Å². The normalized spacial score (nSPS) is 10.5. The monoisotopic (exact) mass is 182 g/mol.